The van der Waals surface area contributed by atoms with Crippen LogP contribution in [0.15, 0.2) is 18.2 Å². The first-order valence-corrected chi connectivity index (χ1v) is 13.1. The molecule has 1 aliphatic rings. The Hall–Kier alpha value is -1.21. The molecule has 0 unspecified atom stereocenters. The number of benzene rings is 1. The van der Waals surface area contributed by atoms with Gasteiger partial charge in [0.15, 0.2) is 0 Å². The van der Waals surface area contributed by atoms with E-state index in [1.807, 2.05) is 50.7 Å². The molecule has 1 saturated carbocycles. The van der Waals surface area contributed by atoms with E-state index in [4.69, 9.17) is 0 Å². The van der Waals surface area contributed by atoms with Gasteiger partial charge in [0.2, 0.25) is 15.9 Å². The standard InChI is InChI=1S/C21H34N2O3S2/c1-5-19(21(24)22-13-14-27-18-9-7-6-8-10-18)23(28(4,25)26)20-15-16(2)11-12-17(20)3/h11-12,15,18-19H,5-10,13-14H2,1-4H3,(H,22,24)/t19-/m0/s1. The molecular weight excluding hydrogens is 392 g/mol. The van der Waals surface area contributed by atoms with Gasteiger partial charge in [-0.1, -0.05) is 38.3 Å². The molecule has 1 amide bonds. The van der Waals surface area contributed by atoms with Crippen molar-refractivity contribution in [2.45, 2.75) is 70.6 Å². The predicted octanol–water partition coefficient (Wildman–Crippen LogP) is 4.03. The minimum Gasteiger partial charge on any atom is -0.353 e. The summed E-state index contributed by atoms with van der Waals surface area (Å²) in [6.45, 7) is 6.22. The Morgan fingerprint density at radius 3 is 2.54 bits per heavy atom. The lowest BCUT2D eigenvalue weighted by molar-refractivity contribution is -0.122. The van der Waals surface area contributed by atoms with Gasteiger partial charge in [-0.05, 0) is 50.3 Å². The van der Waals surface area contributed by atoms with Gasteiger partial charge in [0.1, 0.15) is 6.04 Å². The molecule has 1 atom stereocenters. The molecule has 0 bridgehead atoms. The van der Waals surface area contributed by atoms with E-state index in [-0.39, 0.29) is 5.91 Å². The Balaban J connectivity index is 2.06. The Labute approximate surface area is 174 Å². The molecule has 1 aromatic carbocycles. The molecule has 158 valence electrons. The van der Waals surface area contributed by atoms with Crippen LogP contribution in [0, 0.1) is 13.8 Å². The largest absolute Gasteiger partial charge is 0.353 e. The summed E-state index contributed by atoms with van der Waals surface area (Å²) >= 11 is 1.93. The van der Waals surface area contributed by atoms with E-state index in [0.717, 1.165) is 16.9 Å². The summed E-state index contributed by atoms with van der Waals surface area (Å²) in [5.41, 5.74) is 2.39. The van der Waals surface area contributed by atoms with Crippen LogP contribution >= 0.6 is 11.8 Å². The maximum absolute atomic E-state index is 12.9. The lowest BCUT2D eigenvalue weighted by Gasteiger charge is -2.31. The highest BCUT2D eigenvalue weighted by atomic mass is 32.2. The third kappa shape index (κ3) is 6.41. The second-order valence-electron chi connectivity index (χ2n) is 7.69. The lowest BCUT2D eigenvalue weighted by Crippen LogP contribution is -2.50. The molecule has 0 aromatic heterocycles. The molecule has 0 spiro atoms. The van der Waals surface area contributed by atoms with Gasteiger partial charge in [-0.15, -0.1) is 0 Å². The summed E-state index contributed by atoms with van der Waals surface area (Å²) in [5.74, 6) is 0.646. The van der Waals surface area contributed by atoms with Crippen LogP contribution in [0.1, 0.15) is 56.6 Å². The van der Waals surface area contributed by atoms with Crippen molar-refractivity contribution < 1.29 is 13.2 Å². The van der Waals surface area contributed by atoms with E-state index < -0.39 is 16.1 Å². The third-order valence-electron chi connectivity index (χ3n) is 5.24. The summed E-state index contributed by atoms with van der Waals surface area (Å²) in [4.78, 5) is 12.9. The van der Waals surface area contributed by atoms with Crippen molar-refractivity contribution in [1.29, 1.82) is 0 Å². The first-order valence-electron chi connectivity index (χ1n) is 10.2. The van der Waals surface area contributed by atoms with Crippen LogP contribution in [-0.4, -0.2) is 44.2 Å². The van der Waals surface area contributed by atoms with Crippen molar-refractivity contribution in [3.8, 4) is 0 Å². The Morgan fingerprint density at radius 1 is 1.25 bits per heavy atom. The minimum atomic E-state index is -3.59. The molecule has 1 aliphatic carbocycles. The second-order valence-corrected chi connectivity index (χ2v) is 11.0. The van der Waals surface area contributed by atoms with Crippen molar-refractivity contribution in [2.24, 2.45) is 0 Å². The van der Waals surface area contributed by atoms with Crippen molar-refractivity contribution in [3.63, 3.8) is 0 Å². The van der Waals surface area contributed by atoms with Gasteiger partial charge < -0.3 is 5.32 Å². The maximum atomic E-state index is 12.9. The average molecular weight is 427 g/mol. The maximum Gasteiger partial charge on any atom is 0.243 e. The van der Waals surface area contributed by atoms with Gasteiger partial charge in [-0.3, -0.25) is 9.10 Å². The Morgan fingerprint density at radius 2 is 1.93 bits per heavy atom. The molecule has 5 nitrogen and oxygen atoms in total. The third-order valence-corrected chi connectivity index (χ3v) is 7.79. The molecule has 1 fully saturated rings. The summed E-state index contributed by atoms with van der Waals surface area (Å²) < 4.78 is 26.4. The fourth-order valence-corrected chi connectivity index (χ4v) is 6.22. The summed E-state index contributed by atoms with van der Waals surface area (Å²) in [7, 11) is -3.59. The van der Waals surface area contributed by atoms with E-state index in [1.165, 1.54) is 42.7 Å². The number of carbonyl (C=O) groups is 1. The molecule has 1 N–H and O–H groups in total. The number of hydrogen-bond acceptors (Lipinski definition) is 4. The molecule has 1 aromatic rings. The SMILES string of the molecule is CC[C@@H](C(=O)NCCSC1CCCCC1)N(c1cc(C)ccc1C)S(C)(=O)=O. The van der Waals surface area contributed by atoms with Gasteiger partial charge in [-0.25, -0.2) is 8.42 Å². The van der Waals surface area contributed by atoms with E-state index in [0.29, 0.717) is 23.9 Å². The van der Waals surface area contributed by atoms with Gasteiger partial charge in [0, 0.05) is 17.5 Å². The number of anilines is 1. The highest BCUT2D eigenvalue weighted by Gasteiger charge is 2.32. The lowest BCUT2D eigenvalue weighted by atomic mass is 10.0. The van der Waals surface area contributed by atoms with Gasteiger partial charge >= 0.3 is 0 Å². The number of carbonyl (C=O) groups excluding carboxylic acids is 1. The number of rotatable bonds is 9. The number of thioether (sulfide) groups is 1. The number of amides is 1. The van der Waals surface area contributed by atoms with Crippen molar-refractivity contribution in [2.75, 3.05) is 22.9 Å². The van der Waals surface area contributed by atoms with Crippen LogP contribution in [0.25, 0.3) is 0 Å². The zero-order valence-electron chi connectivity index (χ0n) is 17.5. The van der Waals surface area contributed by atoms with Crippen molar-refractivity contribution in [1.82, 2.24) is 5.32 Å². The van der Waals surface area contributed by atoms with E-state index >= 15 is 0 Å². The summed E-state index contributed by atoms with van der Waals surface area (Å²) in [6, 6.07) is 4.94. The van der Waals surface area contributed by atoms with Crippen LogP contribution in [0.3, 0.4) is 0 Å². The summed E-state index contributed by atoms with van der Waals surface area (Å²) in [6.07, 6.45) is 8.08. The molecule has 0 heterocycles. The zero-order valence-corrected chi connectivity index (χ0v) is 19.2. The molecule has 0 aliphatic heterocycles. The predicted molar refractivity (Wildman–Crippen MR) is 120 cm³/mol. The van der Waals surface area contributed by atoms with Crippen LogP contribution in [0.5, 0.6) is 0 Å². The Kier molecular flexibility index (Phi) is 8.68. The highest BCUT2D eigenvalue weighted by Crippen LogP contribution is 2.29. The van der Waals surface area contributed by atoms with Crippen molar-refractivity contribution >= 4 is 33.4 Å². The number of nitrogens with zero attached hydrogens (tertiary/aromatic N) is 1. The van der Waals surface area contributed by atoms with Gasteiger partial charge in [0.25, 0.3) is 0 Å². The normalized spacial score (nSPS) is 16.6. The highest BCUT2D eigenvalue weighted by molar-refractivity contribution is 7.99. The first kappa shape index (κ1) is 23.1. The molecule has 2 rings (SSSR count). The smallest absolute Gasteiger partial charge is 0.243 e. The average Bonchev–Trinajstić information content (AvgIpc) is 2.65. The van der Waals surface area contributed by atoms with E-state index in [1.54, 1.807) is 0 Å². The van der Waals surface area contributed by atoms with Crippen LogP contribution in [-0.2, 0) is 14.8 Å². The molecule has 0 saturated heterocycles. The number of hydrogen-bond donors (Lipinski definition) is 1. The summed E-state index contributed by atoms with van der Waals surface area (Å²) in [5, 5.41) is 3.67. The van der Waals surface area contributed by atoms with E-state index in [2.05, 4.69) is 5.32 Å². The van der Waals surface area contributed by atoms with Gasteiger partial charge in [-0.2, -0.15) is 11.8 Å². The van der Waals surface area contributed by atoms with E-state index in [9.17, 15) is 13.2 Å². The molecule has 7 heteroatoms. The van der Waals surface area contributed by atoms with Crippen LogP contribution < -0.4 is 9.62 Å². The van der Waals surface area contributed by atoms with Gasteiger partial charge in [0.05, 0.1) is 11.9 Å². The number of aryl methyl sites for hydroxylation is 2. The van der Waals surface area contributed by atoms with Crippen molar-refractivity contribution in [3.05, 3.63) is 29.3 Å². The fourth-order valence-electron chi connectivity index (χ4n) is 3.74. The first-order chi connectivity index (χ1) is 13.2. The topological polar surface area (TPSA) is 66.5 Å². The second kappa shape index (κ2) is 10.5. The monoisotopic (exact) mass is 426 g/mol. The number of sulfonamides is 1. The number of nitrogens with one attached hydrogen (secondary N) is 1. The zero-order chi connectivity index (χ0) is 20.7. The molecule has 0 radical (unpaired) electrons. The fraction of sp³-hybridized carbons (Fsp3) is 0.667. The van der Waals surface area contributed by atoms with Crippen LogP contribution in [0.2, 0.25) is 0 Å². The molecular formula is C21H34N2O3S2. The Bertz CT molecular complexity index is 759. The molecule has 28 heavy (non-hydrogen) atoms. The quantitative estimate of drug-likeness (QED) is 0.606. The minimum absolute atomic E-state index is 0.224. The van der Waals surface area contributed by atoms with Crippen LogP contribution in [0.4, 0.5) is 5.69 Å².